The van der Waals surface area contributed by atoms with Crippen LogP contribution in [0.4, 0.5) is 0 Å². The van der Waals surface area contributed by atoms with Crippen LogP contribution in [0.5, 0.6) is 0 Å². The van der Waals surface area contributed by atoms with Gasteiger partial charge in [-0.3, -0.25) is 0 Å². The van der Waals surface area contributed by atoms with Crippen LogP contribution in [0.25, 0.3) is 0 Å². The lowest BCUT2D eigenvalue weighted by Crippen LogP contribution is -2.24. The van der Waals surface area contributed by atoms with Gasteiger partial charge in [-0.25, -0.2) is 0 Å². The molecule has 3 heteroatoms. The fourth-order valence-corrected chi connectivity index (χ4v) is 1.38. The van der Waals surface area contributed by atoms with E-state index in [1.165, 1.54) is 12.2 Å². The van der Waals surface area contributed by atoms with Gasteiger partial charge < -0.3 is 10.1 Å². The Hall–Kier alpha value is 0.270. The molecule has 0 aromatic rings. The molecule has 2 nitrogen and oxygen atoms in total. The maximum absolute atomic E-state index is 5.46. The molecule has 0 aliphatic rings. The van der Waals surface area contributed by atoms with Gasteiger partial charge in [-0.2, -0.15) is 11.8 Å². The lowest BCUT2D eigenvalue weighted by atomic mass is 10.3. The molecule has 0 rings (SSSR count). The normalized spacial score (nSPS) is 11.1. The summed E-state index contributed by atoms with van der Waals surface area (Å²) >= 11 is 1.88. The first-order chi connectivity index (χ1) is 6.27. The number of hydrogen-bond acceptors (Lipinski definition) is 3. The second-order valence-electron chi connectivity index (χ2n) is 3.42. The lowest BCUT2D eigenvalue weighted by Gasteiger charge is -2.07. The minimum Gasteiger partial charge on any atom is -0.381 e. The number of hydrogen-bond donors (Lipinski definition) is 1. The van der Waals surface area contributed by atoms with Crippen LogP contribution in [-0.4, -0.2) is 37.8 Å². The highest BCUT2D eigenvalue weighted by molar-refractivity contribution is 7.98. The minimum atomic E-state index is 0.594. The molecule has 0 heterocycles. The van der Waals surface area contributed by atoms with Gasteiger partial charge in [-0.1, -0.05) is 13.8 Å². The van der Waals surface area contributed by atoms with Crippen LogP contribution < -0.4 is 5.32 Å². The summed E-state index contributed by atoms with van der Waals surface area (Å²) in [6.07, 6.45) is 4.43. The van der Waals surface area contributed by atoms with Gasteiger partial charge in [0, 0.05) is 19.3 Å². The number of ether oxygens (including phenoxy) is 1. The van der Waals surface area contributed by atoms with E-state index >= 15 is 0 Å². The van der Waals surface area contributed by atoms with Crippen LogP contribution in [0.1, 0.15) is 26.7 Å². The maximum Gasteiger partial charge on any atom is 0.0478 e. The maximum atomic E-state index is 5.46. The number of thioether (sulfide) groups is 1. The minimum absolute atomic E-state index is 0.594. The summed E-state index contributed by atoms with van der Waals surface area (Å²) in [7, 11) is 0. The molecule has 0 aliphatic carbocycles. The van der Waals surface area contributed by atoms with Crippen molar-refractivity contribution in [3.05, 3.63) is 0 Å². The Bertz CT molecular complexity index is 98.9. The van der Waals surface area contributed by atoms with Gasteiger partial charge in [0.05, 0.1) is 0 Å². The van der Waals surface area contributed by atoms with E-state index in [-0.39, 0.29) is 0 Å². The van der Waals surface area contributed by atoms with Crippen LogP contribution in [0, 0.1) is 0 Å². The fraction of sp³-hybridized carbons (Fsp3) is 1.00. The summed E-state index contributed by atoms with van der Waals surface area (Å²) in [4.78, 5) is 0. The van der Waals surface area contributed by atoms with Crippen molar-refractivity contribution in [2.45, 2.75) is 32.7 Å². The Labute approximate surface area is 86.8 Å². The molecule has 0 fully saturated rings. The number of rotatable bonds is 9. The quantitative estimate of drug-likeness (QED) is 0.583. The molecule has 0 aromatic heterocycles. The first kappa shape index (κ1) is 13.3. The SMILES string of the molecule is CSCCCOCCCNC(C)C. The zero-order valence-corrected chi connectivity index (χ0v) is 9.95. The molecule has 13 heavy (non-hydrogen) atoms. The van der Waals surface area contributed by atoms with Crippen LogP contribution in [0.3, 0.4) is 0 Å². The van der Waals surface area contributed by atoms with E-state index < -0.39 is 0 Å². The Morgan fingerprint density at radius 1 is 1.23 bits per heavy atom. The van der Waals surface area contributed by atoms with Gasteiger partial charge in [0.1, 0.15) is 0 Å². The van der Waals surface area contributed by atoms with Gasteiger partial charge in [0.25, 0.3) is 0 Å². The molecule has 0 bridgehead atoms. The average Bonchev–Trinajstić information content (AvgIpc) is 2.09. The molecule has 80 valence electrons. The molecule has 1 N–H and O–H groups in total. The van der Waals surface area contributed by atoms with Crippen molar-refractivity contribution < 1.29 is 4.74 Å². The van der Waals surface area contributed by atoms with E-state index in [0.717, 1.165) is 26.2 Å². The van der Waals surface area contributed by atoms with Crippen molar-refractivity contribution in [1.29, 1.82) is 0 Å². The van der Waals surface area contributed by atoms with Gasteiger partial charge in [-0.05, 0) is 31.4 Å². The molecular weight excluding hydrogens is 182 g/mol. The highest BCUT2D eigenvalue weighted by Gasteiger charge is 1.92. The molecule has 0 amide bonds. The Balaban J connectivity index is 2.84. The molecule has 0 radical (unpaired) electrons. The van der Waals surface area contributed by atoms with Crippen molar-refractivity contribution in [3.63, 3.8) is 0 Å². The first-order valence-corrected chi connectivity index (χ1v) is 6.47. The Morgan fingerprint density at radius 2 is 1.92 bits per heavy atom. The van der Waals surface area contributed by atoms with Crippen molar-refractivity contribution in [2.24, 2.45) is 0 Å². The third-order valence-electron chi connectivity index (χ3n) is 1.66. The summed E-state index contributed by atoms with van der Waals surface area (Å²) in [6, 6.07) is 0.594. The Kier molecular flexibility index (Phi) is 10.6. The summed E-state index contributed by atoms with van der Waals surface area (Å²) in [5, 5.41) is 3.36. The summed E-state index contributed by atoms with van der Waals surface area (Å²) < 4.78 is 5.46. The molecule has 0 saturated carbocycles. The first-order valence-electron chi connectivity index (χ1n) is 5.07. The van der Waals surface area contributed by atoms with Crippen molar-refractivity contribution >= 4 is 11.8 Å². The van der Waals surface area contributed by atoms with Crippen LogP contribution in [0.15, 0.2) is 0 Å². The average molecular weight is 205 g/mol. The van der Waals surface area contributed by atoms with Crippen molar-refractivity contribution in [3.8, 4) is 0 Å². The summed E-state index contributed by atoms with van der Waals surface area (Å²) in [5.74, 6) is 1.21. The van der Waals surface area contributed by atoms with E-state index in [0.29, 0.717) is 6.04 Å². The van der Waals surface area contributed by atoms with Crippen LogP contribution in [-0.2, 0) is 4.74 Å². The lowest BCUT2D eigenvalue weighted by molar-refractivity contribution is 0.132. The van der Waals surface area contributed by atoms with Gasteiger partial charge in [-0.15, -0.1) is 0 Å². The topological polar surface area (TPSA) is 21.3 Å². The highest BCUT2D eigenvalue weighted by atomic mass is 32.2. The van der Waals surface area contributed by atoms with E-state index in [2.05, 4.69) is 25.4 Å². The van der Waals surface area contributed by atoms with E-state index in [4.69, 9.17) is 4.74 Å². The van der Waals surface area contributed by atoms with E-state index in [1.54, 1.807) is 0 Å². The third-order valence-corrected chi connectivity index (χ3v) is 2.35. The molecular formula is C10H23NOS. The predicted octanol–water partition coefficient (Wildman–Crippen LogP) is 2.14. The molecule has 0 aliphatic heterocycles. The molecule has 0 unspecified atom stereocenters. The van der Waals surface area contributed by atoms with Gasteiger partial charge in [0.2, 0.25) is 0 Å². The van der Waals surface area contributed by atoms with Crippen molar-refractivity contribution in [2.75, 3.05) is 31.8 Å². The van der Waals surface area contributed by atoms with Gasteiger partial charge in [0.15, 0.2) is 0 Å². The summed E-state index contributed by atoms with van der Waals surface area (Å²) in [6.45, 7) is 7.22. The smallest absolute Gasteiger partial charge is 0.0478 e. The highest BCUT2D eigenvalue weighted by Crippen LogP contribution is 1.95. The predicted molar refractivity (Wildman–Crippen MR) is 61.6 cm³/mol. The van der Waals surface area contributed by atoms with E-state index in [9.17, 15) is 0 Å². The molecule has 0 spiro atoms. The monoisotopic (exact) mass is 205 g/mol. The van der Waals surface area contributed by atoms with Crippen LogP contribution >= 0.6 is 11.8 Å². The van der Waals surface area contributed by atoms with Gasteiger partial charge >= 0.3 is 0 Å². The van der Waals surface area contributed by atoms with Crippen LogP contribution in [0.2, 0.25) is 0 Å². The zero-order valence-electron chi connectivity index (χ0n) is 9.14. The molecule has 0 saturated heterocycles. The number of nitrogens with one attached hydrogen (secondary N) is 1. The molecule has 0 aromatic carbocycles. The summed E-state index contributed by atoms with van der Waals surface area (Å²) in [5.41, 5.74) is 0. The standard InChI is InChI=1S/C10H23NOS/c1-10(2)11-6-4-7-12-8-5-9-13-3/h10-11H,4-9H2,1-3H3. The Morgan fingerprint density at radius 3 is 2.54 bits per heavy atom. The zero-order chi connectivity index (χ0) is 9.94. The fourth-order valence-electron chi connectivity index (χ4n) is 0.972. The van der Waals surface area contributed by atoms with Crippen molar-refractivity contribution in [1.82, 2.24) is 5.32 Å². The van der Waals surface area contributed by atoms with E-state index in [1.807, 2.05) is 11.8 Å². The largest absolute Gasteiger partial charge is 0.381 e. The third kappa shape index (κ3) is 12.3. The second-order valence-corrected chi connectivity index (χ2v) is 4.41. The second kappa shape index (κ2) is 10.4. The molecule has 0 atom stereocenters.